The molecule has 0 spiro atoms. The van der Waals surface area contributed by atoms with Crippen LogP contribution in [0.15, 0.2) is 66.7 Å². The average Bonchev–Trinajstić information content (AvgIpc) is 3.45. The molecule has 3 aromatic carbocycles. The van der Waals surface area contributed by atoms with Crippen LogP contribution in [0.3, 0.4) is 0 Å². The first-order valence-electron chi connectivity index (χ1n) is 8.64. The maximum absolute atomic E-state index is 14.4. The molecule has 1 amide bonds. The molecule has 2 nitrogen and oxygen atoms in total. The Balaban J connectivity index is 1.59. The van der Waals surface area contributed by atoms with Gasteiger partial charge in [0.1, 0.15) is 17.5 Å². The number of anilines is 1. The van der Waals surface area contributed by atoms with E-state index < -0.39 is 11.6 Å². The summed E-state index contributed by atoms with van der Waals surface area (Å²) in [4.78, 5) is 12.6. The zero-order valence-electron chi connectivity index (χ0n) is 14.3. The number of carbonyl (C=O) groups is 1. The van der Waals surface area contributed by atoms with Gasteiger partial charge in [0.2, 0.25) is 5.91 Å². The molecule has 4 rings (SSSR count). The number of hydrogen-bond donors (Lipinski definition) is 1. The summed E-state index contributed by atoms with van der Waals surface area (Å²) in [6.45, 7) is 0. The second-order valence-corrected chi connectivity index (χ2v) is 6.67. The van der Waals surface area contributed by atoms with E-state index in [1.54, 1.807) is 42.5 Å². The van der Waals surface area contributed by atoms with E-state index in [2.05, 4.69) is 5.32 Å². The molecule has 0 aromatic heterocycles. The number of hydrogen-bond acceptors (Lipinski definition) is 1. The monoisotopic (exact) mass is 367 g/mol. The minimum Gasteiger partial charge on any atom is -0.323 e. The van der Waals surface area contributed by atoms with Gasteiger partial charge in [0.25, 0.3) is 0 Å². The maximum Gasteiger partial charge on any atom is 0.228 e. The fraction of sp³-hybridized carbons (Fsp3) is 0.136. The van der Waals surface area contributed by atoms with E-state index in [1.807, 2.05) is 0 Å². The fourth-order valence-corrected chi connectivity index (χ4v) is 3.35. The first-order chi connectivity index (χ1) is 13.0. The van der Waals surface area contributed by atoms with Crippen LogP contribution in [0, 0.1) is 23.4 Å². The molecule has 0 unspecified atom stereocenters. The van der Waals surface area contributed by atoms with Crippen molar-refractivity contribution < 1.29 is 18.0 Å². The van der Waals surface area contributed by atoms with E-state index in [0.29, 0.717) is 12.0 Å². The third-order valence-corrected chi connectivity index (χ3v) is 4.79. The van der Waals surface area contributed by atoms with Crippen LogP contribution >= 0.6 is 0 Å². The van der Waals surface area contributed by atoms with Gasteiger partial charge in [-0.15, -0.1) is 0 Å². The molecule has 3 aromatic rings. The summed E-state index contributed by atoms with van der Waals surface area (Å²) in [5, 5.41) is 2.61. The summed E-state index contributed by atoms with van der Waals surface area (Å²) in [6, 6.07) is 16.8. The van der Waals surface area contributed by atoms with E-state index in [9.17, 15) is 18.0 Å². The molecule has 1 fully saturated rings. The number of rotatable bonds is 4. The molecule has 0 radical (unpaired) electrons. The molecule has 0 saturated heterocycles. The summed E-state index contributed by atoms with van der Waals surface area (Å²) in [6.07, 6.45) is 0.568. The van der Waals surface area contributed by atoms with Gasteiger partial charge in [-0.05, 0) is 41.7 Å². The van der Waals surface area contributed by atoms with Crippen LogP contribution in [0.1, 0.15) is 17.9 Å². The van der Waals surface area contributed by atoms with Crippen molar-refractivity contribution in [1.29, 1.82) is 0 Å². The predicted molar refractivity (Wildman–Crippen MR) is 97.7 cm³/mol. The standard InChI is InChI=1S/C22H16F3NO/c23-15-8-4-7-14(9-15)17-12-19(17)22(27)26-21-18(10-16(24)11-20(21)25)13-5-2-1-3-6-13/h1-11,17,19H,12H2,(H,26,27)/t17-,19+/m1/s1. The van der Waals surface area contributed by atoms with Gasteiger partial charge in [-0.2, -0.15) is 0 Å². The highest BCUT2D eigenvalue weighted by Gasteiger charge is 2.44. The minimum atomic E-state index is -0.829. The van der Waals surface area contributed by atoms with Gasteiger partial charge in [-0.25, -0.2) is 13.2 Å². The Bertz CT molecular complexity index is 1000. The lowest BCUT2D eigenvalue weighted by Crippen LogP contribution is -2.16. The highest BCUT2D eigenvalue weighted by molar-refractivity contribution is 5.99. The predicted octanol–water partition coefficient (Wildman–Crippen LogP) is 5.51. The normalized spacial score (nSPS) is 18.2. The summed E-state index contributed by atoms with van der Waals surface area (Å²) in [5.41, 5.74) is 1.59. The number of halogens is 3. The van der Waals surface area contributed by atoms with Crippen molar-refractivity contribution in [2.45, 2.75) is 12.3 Å². The smallest absolute Gasteiger partial charge is 0.228 e. The van der Waals surface area contributed by atoms with Gasteiger partial charge in [0, 0.05) is 17.5 Å². The molecule has 27 heavy (non-hydrogen) atoms. The molecular formula is C22H16F3NO. The summed E-state index contributed by atoms with van der Waals surface area (Å²) in [7, 11) is 0. The van der Waals surface area contributed by atoms with Gasteiger partial charge in [-0.1, -0.05) is 42.5 Å². The molecule has 1 aliphatic rings. The zero-order valence-corrected chi connectivity index (χ0v) is 14.3. The van der Waals surface area contributed by atoms with E-state index >= 15 is 0 Å². The fourth-order valence-electron chi connectivity index (χ4n) is 3.35. The van der Waals surface area contributed by atoms with Crippen LogP contribution in [0.25, 0.3) is 11.1 Å². The Morgan fingerprint density at radius 3 is 2.41 bits per heavy atom. The van der Waals surface area contributed by atoms with Crippen molar-refractivity contribution in [1.82, 2.24) is 0 Å². The van der Waals surface area contributed by atoms with Crippen molar-refractivity contribution in [2.75, 3.05) is 5.32 Å². The van der Waals surface area contributed by atoms with Crippen molar-refractivity contribution in [3.63, 3.8) is 0 Å². The summed E-state index contributed by atoms with van der Waals surface area (Å²) in [5.74, 6) is -2.70. The Hall–Kier alpha value is -3.08. The number of carbonyl (C=O) groups excluding carboxylic acids is 1. The minimum absolute atomic E-state index is 0.0440. The van der Waals surface area contributed by atoms with E-state index in [-0.39, 0.29) is 34.8 Å². The average molecular weight is 367 g/mol. The SMILES string of the molecule is O=C(Nc1c(F)cc(F)cc1-c1ccccc1)[C@H]1C[C@@H]1c1cccc(F)c1. The molecule has 1 aliphatic carbocycles. The van der Waals surface area contributed by atoms with Gasteiger partial charge in [0.15, 0.2) is 0 Å². The molecule has 1 saturated carbocycles. The molecule has 0 heterocycles. The highest BCUT2D eigenvalue weighted by Crippen LogP contribution is 2.48. The lowest BCUT2D eigenvalue weighted by atomic mass is 10.0. The van der Waals surface area contributed by atoms with E-state index in [1.165, 1.54) is 18.2 Å². The lowest BCUT2D eigenvalue weighted by Gasteiger charge is -2.13. The van der Waals surface area contributed by atoms with Gasteiger partial charge < -0.3 is 5.32 Å². The van der Waals surface area contributed by atoms with Crippen molar-refractivity contribution in [2.24, 2.45) is 5.92 Å². The van der Waals surface area contributed by atoms with Crippen LogP contribution in [0.4, 0.5) is 18.9 Å². The van der Waals surface area contributed by atoms with Gasteiger partial charge in [-0.3, -0.25) is 4.79 Å². The Kier molecular flexibility index (Phi) is 4.44. The lowest BCUT2D eigenvalue weighted by molar-refractivity contribution is -0.117. The second kappa shape index (κ2) is 6.91. The molecule has 0 bridgehead atoms. The maximum atomic E-state index is 14.4. The van der Waals surface area contributed by atoms with Crippen molar-refractivity contribution in [3.8, 4) is 11.1 Å². The molecule has 0 aliphatic heterocycles. The van der Waals surface area contributed by atoms with E-state index in [0.717, 1.165) is 11.6 Å². The second-order valence-electron chi connectivity index (χ2n) is 6.67. The molecular weight excluding hydrogens is 351 g/mol. The van der Waals surface area contributed by atoms with Crippen LogP contribution in [0.5, 0.6) is 0 Å². The van der Waals surface area contributed by atoms with Crippen LogP contribution in [-0.2, 0) is 4.79 Å². The molecule has 136 valence electrons. The number of nitrogens with one attached hydrogen (secondary N) is 1. The van der Waals surface area contributed by atoms with Crippen LogP contribution in [0.2, 0.25) is 0 Å². The Morgan fingerprint density at radius 2 is 1.67 bits per heavy atom. The topological polar surface area (TPSA) is 29.1 Å². The largest absolute Gasteiger partial charge is 0.323 e. The number of benzene rings is 3. The van der Waals surface area contributed by atoms with Crippen LogP contribution < -0.4 is 5.32 Å². The summed E-state index contributed by atoms with van der Waals surface area (Å²) >= 11 is 0. The van der Waals surface area contributed by atoms with Gasteiger partial charge in [0.05, 0.1) is 5.69 Å². The third kappa shape index (κ3) is 3.58. The van der Waals surface area contributed by atoms with Gasteiger partial charge >= 0.3 is 0 Å². The first kappa shape index (κ1) is 17.3. The Labute approximate surface area is 154 Å². The summed E-state index contributed by atoms with van der Waals surface area (Å²) < 4.78 is 41.5. The third-order valence-electron chi connectivity index (χ3n) is 4.79. The molecule has 5 heteroatoms. The van der Waals surface area contributed by atoms with Crippen molar-refractivity contribution >= 4 is 11.6 Å². The molecule has 1 N–H and O–H groups in total. The quantitative estimate of drug-likeness (QED) is 0.647. The van der Waals surface area contributed by atoms with Crippen LogP contribution in [-0.4, -0.2) is 5.91 Å². The molecule has 2 atom stereocenters. The number of amides is 1. The van der Waals surface area contributed by atoms with Crippen molar-refractivity contribution in [3.05, 3.63) is 89.7 Å². The highest BCUT2D eigenvalue weighted by atomic mass is 19.1. The van der Waals surface area contributed by atoms with E-state index in [4.69, 9.17) is 0 Å². The zero-order chi connectivity index (χ0) is 19.0. The first-order valence-corrected chi connectivity index (χ1v) is 8.64. The Morgan fingerprint density at radius 1 is 0.889 bits per heavy atom.